The summed E-state index contributed by atoms with van der Waals surface area (Å²) in [5.41, 5.74) is 11.3. The molecular weight excluding hydrogens is 354 g/mol. The standard InChI is InChI=1S/C26H33N3/c1-17-8-12-23(19(3)18(17)2)26(27)25-15-22(29(6)7)11-13-24(25)21-10-9-20(14-21)16-28(4)5/h8-9,11-15,27H,10,16H2,1-7H3. The fourth-order valence-corrected chi connectivity index (χ4v) is 3.92. The van der Waals surface area contributed by atoms with Crippen LogP contribution in [0.2, 0.25) is 0 Å². The van der Waals surface area contributed by atoms with Crippen molar-refractivity contribution in [1.29, 1.82) is 5.41 Å². The Labute approximate surface area is 175 Å². The van der Waals surface area contributed by atoms with Gasteiger partial charge >= 0.3 is 0 Å². The Kier molecular flexibility index (Phi) is 6.09. The maximum absolute atomic E-state index is 9.11. The predicted octanol–water partition coefficient (Wildman–Crippen LogP) is 5.37. The van der Waals surface area contributed by atoms with E-state index in [9.17, 15) is 0 Å². The molecule has 0 aromatic heterocycles. The van der Waals surface area contributed by atoms with Gasteiger partial charge in [0.25, 0.3) is 0 Å². The van der Waals surface area contributed by atoms with Gasteiger partial charge in [-0.15, -0.1) is 0 Å². The van der Waals surface area contributed by atoms with Crippen LogP contribution in [0.5, 0.6) is 0 Å². The van der Waals surface area contributed by atoms with E-state index < -0.39 is 0 Å². The number of allylic oxidation sites excluding steroid dienone is 2. The summed E-state index contributed by atoms with van der Waals surface area (Å²) in [6.07, 6.45) is 5.54. The lowest BCUT2D eigenvalue weighted by atomic mass is 9.88. The quantitative estimate of drug-likeness (QED) is 0.676. The molecule has 0 amide bonds. The SMILES string of the molecule is Cc1ccc(C(=N)c2cc(N(C)C)ccc2C2=CC(CN(C)C)=CC2)c(C)c1C. The molecule has 29 heavy (non-hydrogen) atoms. The number of nitrogens with zero attached hydrogens (tertiary/aromatic N) is 2. The molecule has 1 N–H and O–H groups in total. The lowest BCUT2D eigenvalue weighted by Crippen LogP contribution is -2.14. The minimum absolute atomic E-state index is 0.603. The third-order valence-electron chi connectivity index (χ3n) is 5.90. The van der Waals surface area contributed by atoms with Crippen molar-refractivity contribution in [2.75, 3.05) is 39.6 Å². The molecular formula is C26H33N3. The third-order valence-corrected chi connectivity index (χ3v) is 5.90. The summed E-state index contributed by atoms with van der Waals surface area (Å²) < 4.78 is 0. The van der Waals surface area contributed by atoms with Crippen LogP contribution in [0.25, 0.3) is 5.57 Å². The zero-order valence-corrected chi connectivity index (χ0v) is 18.9. The number of hydrogen-bond acceptors (Lipinski definition) is 3. The minimum atomic E-state index is 0.603. The Bertz CT molecular complexity index is 1010. The molecule has 2 aromatic rings. The van der Waals surface area contributed by atoms with Gasteiger partial charge in [0.1, 0.15) is 0 Å². The maximum Gasteiger partial charge on any atom is 0.0694 e. The molecule has 0 aliphatic heterocycles. The second-order valence-corrected chi connectivity index (χ2v) is 8.57. The van der Waals surface area contributed by atoms with E-state index in [1.807, 2.05) is 0 Å². The monoisotopic (exact) mass is 387 g/mol. The van der Waals surface area contributed by atoms with Crippen molar-refractivity contribution in [3.8, 4) is 0 Å². The van der Waals surface area contributed by atoms with E-state index in [-0.39, 0.29) is 0 Å². The van der Waals surface area contributed by atoms with E-state index >= 15 is 0 Å². The van der Waals surface area contributed by atoms with Crippen molar-refractivity contribution in [2.24, 2.45) is 0 Å². The Morgan fingerprint density at radius 2 is 1.66 bits per heavy atom. The third kappa shape index (κ3) is 4.35. The summed E-state index contributed by atoms with van der Waals surface area (Å²) in [6, 6.07) is 10.7. The molecule has 0 heterocycles. The van der Waals surface area contributed by atoms with Gasteiger partial charge in [0, 0.05) is 37.5 Å². The van der Waals surface area contributed by atoms with Gasteiger partial charge in [0.2, 0.25) is 0 Å². The number of likely N-dealkylation sites (N-methyl/N-ethyl adjacent to an activating group) is 1. The van der Waals surface area contributed by atoms with Crippen molar-refractivity contribution in [3.05, 3.63) is 81.4 Å². The van der Waals surface area contributed by atoms with E-state index in [1.165, 1.54) is 33.4 Å². The average molecular weight is 388 g/mol. The Hall–Kier alpha value is -2.65. The molecule has 1 aliphatic rings. The number of rotatable bonds is 6. The molecule has 0 radical (unpaired) electrons. The van der Waals surface area contributed by atoms with E-state index in [4.69, 9.17) is 5.41 Å². The second kappa shape index (κ2) is 8.38. The van der Waals surface area contributed by atoms with Gasteiger partial charge in [-0.2, -0.15) is 0 Å². The molecule has 2 aromatic carbocycles. The van der Waals surface area contributed by atoms with Gasteiger partial charge in [-0.05, 0) is 86.8 Å². The van der Waals surface area contributed by atoms with Crippen molar-refractivity contribution in [2.45, 2.75) is 27.2 Å². The summed E-state index contributed by atoms with van der Waals surface area (Å²) in [4.78, 5) is 4.30. The van der Waals surface area contributed by atoms with Gasteiger partial charge in [0.15, 0.2) is 0 Å². The zero-order chi connectivity index (χ0) is 21.3. The van der Waals surface area contributed by atoms with Gasteiger partial charge < -0.3 is 9.80 Å². The van der Waals surface area contributed by atoms with Crippen LogP contribution in [0, 0.1) is 26.2 Å². The van der Waals surface area contributed by atoms with Gasteiger partial charge in [-0.3, -0.25) is 5.41 Å². The highest BCUT2D eigenvalue weighted by Crippen LogP contribution is 2.33. The Morgan fingerprint density at radius 3 is 2.31 bits per heavy atom. The van der Waals surface area contributed by atoms with Crippen LogP contribution >= 0.6 is 0 Å². The van der Waals surface area contributed by atoms with E-state index in [0.29, 0.717) is 5.71 Å². The number of benzene rings is 2. The van der Waals surface area contributed by atoms with E-state index in [2.05, 4.69) is 101 Å². The fourth-order valence-electron chi connectivity index (χ4n) is 3.92. The molecule has 3 heteroatoms. The predicted molar refractivity (Wildman–Crippen MR) is 127 cm³/mol. The number of anilines is 1. The lowest BCUT2D eigenvalue weighted by Gasteiger charge is -2.20. The van der Waals surface area contributed by atoms with Crippen molar-refractivity contribution >= 4 is 17.0 Å². The Balaban J connectivity index is 2.09. The average Bonchev–Trinajstić information content (AvgIpc) is 3.12. The smallest absolute Gasteiger partial charge is 0.0694 e. The van der Waals surface area contributed by atoms with Crippen LogP contribution in [0.3, 0.4) is 0 Å². The first-order chi connectivity index (χ1) is 13.7. The summed E-state index contributed by atoms with van der Waals surface area (Å²) in [7, 11) is 8.30. The van der Waals surface area contributed by atoms with Crippen LogP contribution in [0.15, 0.2) is 48.1 Å². The summed E-state index contributed by atoms with van der Waals surface area (Å²) in [6.45, 7) is 7.36. The molecule has 1 aliphatic carbocycles. The molecule has 152 valence electrons. The molecule has 0 fully saturated rings. The highest BCUT2D eigenvalue weighted by molar-refractivity contribution is 6.15. The number of nitrogens with one attached hydrogen (secondary N) is 1. The van der Waals surface area contributed by atoms with Crippen LogP contribution in [0.1, 0.15) is 39.8 Å². The number of aryl methyl sites for hydroxylation is 1. The van der Waals surface area contributed by atoms with Crippen LogP contribution in [0.4, 0.5) is 5.69 Å². The highest BCUT2D eigenvalue weighted by Gasteiger charge is 2.19. The summed E-state index contributed by atoms with van der Waals surface area (Å²) >= 11 is 0. The maximum atomic E-state index is 9.11. The number of hydrogen-bond donors (Lipinski definition) is 1. The van der Waals surface area contributed by atoms with Gasteiger partial charge in [0.05, 0.1) is 5.71 Å². The van der Waals surface area contributed by atoms with E-state index in [0.717, 1.165) is 29.8 Å². The zero-order valence-electron chi connectivity index (χ0n) is 18.9. The molecule has 3 rings (SSSR count). The second-order valence-electron chi connectivity index (χ2n) is 8.57. The topological polar surface area (TPSA) is 30.3 Å². The van der Waals surface area contributed by atoms with E-state index in [1.54, 1.807) is 0 Å². The lowest BCUT2D eigenvalue weighted by molar-refractivity contribution is 0.449. The van der Waals surface area contributed by atoms with Crippen LogP contribution in [-0.2, 0) is 0 Å². The summed E-state index contributed by atoms with van der Waals surface area (Å²) in [5.74, 6) is 0. The first-order valence-corrected chi connectivity index (χ1v) is 10.2. The van der Waals surface area contributed by atoms with Crippen LogP contribution in [-0.4, -0.2) is 45.3 Å². The normalized spacial score (nSPS) is 13.5. The van der Waals surface area contributed by atoms with Crippen LogP contribution < -0.4 is 4.90 Å². The first-order valence-electron chi connectivity index (χ1n) is 10.2. The molecule has 0 unspecified atom stereocenters. The van der Waals surface area contributed by atoms with Crippen molar-refractivity contribution in [1.82, 2.24) is 4.90 Å². The molecule has 0 bridgehead atoms. The Morgan fingerprint density at radius 1 is 0.931 bits per heavy atom. The fraction of sp³-hybridized carbons (Fsp3) is 0.346. The minimum Gasteiger partial charge on any atom is -0.378 e. The van der Waals surface area contributed by atoms with Crippen molar-refractivity contribution < 1.29 is 0 Å². The first kappa shape index (κ1) is 21.1. The molecule has 0 atom stereocenters. The molecule has 0 saturated heterocycles. The van der Waals surface area contributed by atoms with Gasteiger partial charge in [-0.1, -0.05) is 30.4 Å². The van der Waals surface area contributed by atoms with Gasteiger partial charge in [-0.25, -0.2) is 0 Å². The largest absolute Gasteiger partial charge is 0.378 e. The molecule has 0 saturated carbocycles. The highest BCUT2D eigenvalue weighted by atomic mass is 15.1. The molecule has 3 nitrogen and oxygen atoms in total. The molecule has 0 spiro atoms. The summed E-state index contributed by atoms with van der Waals surface area (Å²) in [5, 5.41) is 9.11. The van der Waals surface area contributed by atoms with Crippen molar-refractivity contribution in [3.63, 3.8) is 0 Å².